The monoisotopic (exact) mass is 391 g/mol. The van der Waals surface area contributed by atoms with Crippen LogP contribution in [0, 0.1) is 46.0 Å². The molecule has 0 aliphatic rings. The molecule has 0 amide bonds. The summed E-state index contributed by atoms with van der Waals surface area (Å²) in [6.45, 7) is 0. The van der Waals surface area contributed by atoms with Gasteiger partial charge in [-0.05, 0) is 0 Å². The first-order valence-corrected chi connectivity index (χ1v) is 1.64. The molecular formula is N3O9Tl. The molecular weight excluding hydrogens is 390 g/mol. The molecule has 0 saturated carbocycles. The quantitative estimate of drug-likeness (QED) is 0.280. The van der Waals surface area contributed by atoms with Crippen molar-refractivity contribution in [2.45, 2.75) is 0 Å². The zero-order chi connectivity index (χ0) is 10.7. The van der Waals surface area contributed by atoms with E-state index in [9.17, 15) is 0 Å². The number of hydrogen-bond acceptors (Lipinski definition) is 9. The summed E-state index contributed by atoms with van der Waals surface area (Å²) in [4.78, 5) is 24.8. The van der Waals surface area contributed by atoms with Crippen LogP contribution in [0.5, 0.6) is 0 Å². The van der Waals surface area contributed by atoms with Crippen LogP contribution in [-0.4, -0.2) is 42.6 Å². The van der Waals surface area contributed by atoms with Crippen molar-refractivity contribution in [1.29, 1.82) is 0 Å². The molecule has 13 heteroatoms. The van der Waals surface area contributed by atoms with E-state index in [-0.39, 0.29) is 27.3 Å². The van der Waals surface area contributed by atoms with Crippen molar-refractivity contribution in [1.82, 2.24) is 0 Å². The van der Waals surface area contributed by atoms with Crippen LogP contribution in [0.3, 0.4) is 0 Å². The molecule has 0 saturated heterocycles. The molecule has 0 aromatic rings. The van der Waals surface area contributed by atoms with E-state index in [2.05, 4.69) is 0 Å². The van der Waals surface area contributed by atoms with E-state index in [1.54, 1.807) is 0 Å². The van der Waals surface area contributed by atoms with Crippen molar-refractivity contribution >= 4 is 27.3 Å². The van der Waals surface area contributed by atoms with Gasteiger partial charge >= 0.3 is 27.3 Å². The van der Waals surface area contributed by atoms with Crippen molar-refractivity contribution in [2.75, 3.05) is 0 Å². The smallest absolute Gasteiger partial charge is 0.356 e. The van der Waals surface area contributed by atoms with Crippen LogP contribution in [0.2, 0.25) is 0 Å². The van der Waals surface area contributed by atoms with Crippen molar-refractivity contribution < 1.29 is 15.3 Å². The Bertz CT molecular complexity index is 112. The Morgan fingerprint density at radius 2 is 0.538 bits per heavy atom. The number of nitrogens with zero attached hydrogens (tertiary/aromatic N) is 3. The van der Waals surface area contributed by atoms with E-state index in [0.29, 0.717) is 0 Å². The van der Waals surface area contributed by atoms with Crippen LogP contribution in [-0.2, 0) is 0 Å². The van der Waals surface area contributed by atoms with Crippen molar-refractivity contribution in [3.8, 4) is 0 Å². The molecule has 0 aliphatic carbocycles. The summed E-state index contributed by atoms with van der Waals surface area (Å²) >= 11 is 0. The van der Waals surface area contributed by atoms with Crippen LogP contribution >= 0.6 is 0 Å². The van der Waals surface area contributed by atoms with Crippen molar-refractivity contribution in [3.63, 3.8) is 0 Å². The van der Waals surface area contributed by atoms with Crippen molar-refractivity contribution in [2.24, 2.45) is 0 Å². The largest absolute Gasteiger partial charge is 3.00 e. The molecule has 0 aromatic heterocycles. The summed E-state index contributed by atoms with van der Waals surface area (Å²) < 4.78 is 0. The minimum absolute atomic E-state index is 0. The molecule has 0 aromatic carbocycles. The van der Waals surface area contributed by atoms with Gasteiger partial charge in [-0.2, -0.15) is 0 Å². The maximum Gasteiger partial charge on any atom is 3.00 e. The SMILES string of the molecule is O=[N+]([O-])[O-].O=[N+]([O-])[O-].O=[N+]([O-])[O-].[Tl+3]. The van der Waals surface area contributed by atoms with Crippen LogP contribution in [0.15, 0.2) is 0 Å². The Kier molecular flexibility index (Phi) is 29.2. The van der Waals surface area contributed by atoms with E-state index in [4.69, 9.17) is 46.0 Å². The van der Waals surface area contributed by atoms with Crippen LogP contribution in [0.1, 0.15) is 0 Å². The first-order valence-electron chi connectivity index (χ1n) is 1.64. The molecule has 0 unspecified atom stereocenters. The van der Waals surface area contributed by atoms with Crippen molar-refractivity contribution in [3.05, 3.63) is 46.0 Å². The fourth-order valence-electron chi connectivity index (χ4n) is 0. The van der Waals surface area contributed by atoms with Gasteiger partial charge in [0.15, 0.2) is 0 Å². The van der Waals surface area contributed by atoms with Gasteiger partial charge in [0.05, 0.1) is 15.3 Å². The van der Waals surface area contributed by atoms with Gasteiger partial charge in [-0.15, -0.1) is 0 Å². The molecule has 0 atom stereocenters. The Morgan fingerprint density at radius 1 is 0.538 bits per heavy atom. The molecule has 0 spiro atoms. The summed E-state index contributed by atoms with van der Waals surface area (Å²) in [6.07, 6.45) is 0. The van der Waals surface area contributed by atoms with Crippen LogP contribution in [0.25, 0.3) is 0 Å². The molecule has 12 nitrogen and oxygen atoms in total. The molecule has 0 aliphatic heterocycles. The average molecular weight is 390 g/mol. The average Bonchev–Trinajstić information content (AvgIpc) is 1.54. The van der Waals surface area contributed by atoms with Gasteiger partial charge in [0.2, 0.25) is 0 Å². The zero-order valence-electron chi connectivity index (χ0n) is 5.59. The first-order chi connectivity index (χ1) is 5.20. The van der Waals surface area contributed by atoms with Gasteiger partial charge in [0, 0.05) is 0 Å². The number of hydrogen-bond donors (Lipinski definition) is 0. The third-order valence-corrected chi connectivity index (χ3v) is 0. The van der Waals surface area contributed by atoms with Gasteiger partial charge in [-0.3, -0.25) is 0 Å². The predicted molar refractivity (Wildman–Crippen MR) is 36.8 cm³/mol. The van der Waals surface area contributed by atoms with Gasteiger partial charge in [-0.25, -0.2) is 0 Å². The Labute approximate surface area is 88.9 Å². The minimum Gasteiger partial charge on any atom is -0.356 e. The normalized spacial score (nSPS) is 5.54. The third kappa shape index (κ3) is 350. The van der Waals surface area contributed by atoms with E-state index in [1.165, 1.54) is 0 Å². The third-order valence-electron chi connectivity index (χ3n) is 0. The molecule has 0 radical (unpaired) electrons. The molecule has 13 heavy (non-hydrogen) atoms. The second-order valence-electron chi connectivity index (χ2n) is 0.671. The summed E-state index contributed by atoms with van der Waals surface area (Å²) in [5, 5.41) is 44.2. The van der Waals surface area contributed by atoms with Gasteiger partial charge in [-0.1, -0.05) is 0 Å². The minimum atomic E-state index is -1.75. The fraction of sp³-hybridized carbons (Fsp3) is 0. The van der Waals surface area contributed by atoms with E-state index in [0.717, 1.165) is 0 Å². The molecule has 0 fully saturated rings. The van der Waals surface area contributed by atoms with Gasteiger partial charge in [0.1, 0.15) is 0 Å². The summed E-state index contributed by atoms with van der Waals surface area (Å²) in [5.41, 5.74) is 0. The van der Waals surface area contributed by atoms with Gasteiger partial charge in [0.25, 0.3) is 0 Å². The molecule has 0 rings (SSSR count). The van der Waals surface area contributed by atoms with Crippen LogP contribution in [0.4, 0.5) is 0 Å². The summed E-state index contributed by atoms with van der Waals surface area (Å²) in [5.74, 6) is 0. The second-order valence-corrected chi connectivity index (χ2v) is 0.671. The predicted octanol–water partition coefficient (Wildman–Crippen LogP) is -1.10. The van der Waals surface area contributed by atoms with E-state index < -0.39 is 15.3 Å². The Hall–Kier alpha value is -1.48. The van der Waals surface area contributed by atoms with Gasteiger partial charge < -0.3 is 46.0 Å². The number of rotatable bonds is 0. The second kappa shape index (κ2) is 16.9. The fourth-order valence-corrected chi connectivity index (χ4v) is 0. The zero-order valence-corrected chi connectivity index (χ0v) is 10.1. The Balaban J connectivity index is -0.0000000450. The molecule has 0 bridgehead atoms. The standard InChI is InChI=1S/3NO3.Tl/c3*2-1(3)4;/q3*-1;+3. The maximum absolute atomic E-state index is 8.25. The topological polar surface area (TPSA) is 199 Å². The molecule has 0 heterocycles. The summed E-state index contributed by atoms with van der Waals surface area (Å²) in [6, 6.07) is 0. The van der Waals surface area contributed by atoms with E-state index >= 15 is 0 Å². The molecule has 0 N–H and O–H groups in total. The van der Waals surface area contributed by atoms with Crippen LogP contribution < -0.4 is 0 Å². The molecule has 72 valence electrons. The Morgan fingerprint density at radius 3 is 0.538 bits per heavy atom. The maximum atomic E-state index is 8.25. The summed E-state index contributed by atoms with van der Waals surface area (Å²) in [7, 11) is 0. The first kappa shape index (κ1) is 22.5. The van der Waals surface area contributed by atoms with E-state index in [1.807, 2.05) is 0 Å².